The Labute approximate surface area is 134 Å². The van der Waals surface area contributed by atoms with E-state index in [0.29, 0.717) is 11.6 Å². The molecule has 2 nitrogen and oxygen atoms in total. The Morgan fingerprint density at radius 2 is 2.14 bits per heavy atom. The maximum absolute atomic E-state index is 9.65. The standard InChI is InChI=1S/C17H17ClO2S/c1-2-7-20-15-9-14(18)13(10-19)12-8-11-5-3-4-6-16(11)21-17(12)15/h3-6,9,19H,2,7-8,10H2,1H3. The first-order chi connectivity index (χ1) is 10.2. The highest BCUT2D eigenvalue weighted by Gasteiger charge is 2.24. The van der Waals surface area contributed by atoms with Gasteiger partial charge in [0.15, 0.2) is 0 Å². The lowest BCUT2D eigenvalue weighted by Crippen LogP contribution is -2.08. The quantitative estimate of drug-likeness (QED) is 0.757. The van der Waals surface area contributed by atoms with Gasteiger partial charge in [-0.05, 0) is 23.6 Å². The van der Waals surface area contributed by atoms with E-state index < -0.39 is 0 Å². The Balaban J connectivity index is 2.10. The van der Waals surface area contributed by atoms with Crippen molar-refractivity contribution >= 4 is 23.4 Å². The van der Waals surface area contributed by atoms with Gasteiger partial charge in [-0.2, -0.15) is 0 Å². The maximum Gasteiger partial charge on any atom is 0.135 e. The third kappa shape index (κ3) is 2.78. The number of benzene rings is 2. The number of halogens is 1. The van der Waals surface area contributed by atoms with Crippen molar-refractivity contribution < 1.29 is 9.84 Å². The summed E-state index contributed by atoms with van der Waals surface area (Å²) in [5.74, 6) is 0.827. The van der Waals surface area contributed by atoms with Gasteiger partial charge < -0.3 is 9.84 Å². The van der Waals surface area contributed by atoms with E-state index in [4.69, 9.17) is 16.3 Å². The molecule has 1 heterocycles. The Bertz CT molecular complexity index is 670. The summed E-state index contributed by atoms with van der Waals surface area (Å²) in [6.07, 6.45) is 1.74. The Morgan fingerprint density at radius 1 is 1.33 bits per heavy atom. The molecule has 0 radical (unpaired) electrons. The number of ether oxygens (including phenoxy) is 1. The Morgan fingerprint density at radius 3 is 2.90 bits per heavy atom. The van der Waals surface area contributed by atoms with Crippen LogP contribution in [0.25, 0.3) is 0 Å². The van der Waals surface area contributed by atoms with E-state index in [1.807, 2.05) is 18.2 Å². The van der Waals surface area contributed by atoms with E-state index in [2.05, 4.69) is 19.1 Å². The van der Waals surface area contributed by atoms with Gasteiger partial charge in [0, 0.05) is 22.9 Å². The molecule has 0 spiro atoms. The summed E-state index contributed by atoms with van der Waals surface area (Å²) >= 11 is 8.03. The fourth-order valence-electron chi connectivity index (χ4n) is 2.54. The van der Waals surface area contributed by atoms with Crippen LogP contribution in [0.4, 0.5) is 0 Å². The van der Waals surface area contributed by atoms with Gasteiger partial charge in [-0.25, -0.2) is 0 Å². The fraction of sp³-hybridized carbons (Fsp3) is 0.294. The summed E-state index contributed by atoms with van der Waals surface area (Å²) in [6.45, 7) is 2.71. The lowest BCUT2D eigenvalue weighted by atomic mass is 9.98. The molecular weight excluding hydrogens is 304 g/mol. The molecule has 0 amide bonds. The van der Waals surface area contributed by atoms with Gasteiger partial charge in [-0.15, -0.1) is 0 Å². The summed E-state index contributed by atoms with van der Waals surface area (Å²) in [5, 5.41) is 10.2. The van der Waals surface area contributed by atoms with Crippen molar-refractivity contribution in [2.45, 2.75) is 36.2 Å². The molecule has 0 unspecified atom stereocenters. The molecule has 0 atom stereocenters. The number of rotatable bonds is 4. The number of hydrogen-bond donors (Lipinski definition) is 1. The molecule has 0 saturated heterocycles. The monoisotopic (exact) mass is 320 g/mol. The lowest BCUT2D eigenvalue weighted by molar-refractivity contribution is 0.279. The van der Waals surface area contributed by atoms with Crippen LogP contribution in [0.15, 0.2) is 40.1 Å². The van der Waals surface area contributed by atoms with Crippen LogP contribution >= 0.6 is 23.4 Å². The topological polar surface area (TPSA) is 29.5 Å². The lowest BCUT2D eigenvalue weighted by Gasteiger charge is -2.24. The second kappa shape index (κ2) is 6.30. The zero-order valence-corrected chi connectivity index (χ0v) is 13.4. The molecule has 110 valence electrons. The molecule has 0 fully saturated rings. The van der Waals surface area contributed by atoms with Gasteiger partial charge >= 0.3 is 0 Å². The molecule has 0 bridgehead atoms. The van der Waals surface area contributed by atoms with E-state index in [1.165, 1.54) is 10.5 Å². The zero-order chi connectivity index (χ0) is 14.8. The van der Waals surface area contributed by atoms with E-state index in [1.54, 1.807) is 11.8 Å². The van der Waals surface area contributed by atoms with Crippen molar-refractivity contribution in [2.24, 2.45) is 0 Å². The number of fused-ring (bicyclic) bond motifs is 2. The fourth-order valence-corrected chi connectivity index (χ4v) is 3.98. The van der Waals surface area contributed by atoms with Gasteiger partial charge in [0.25, 0.3) is 0 Å². The first-order valence-electron chi connectivity index (χ1n) is 7.08. The summed E-state index contributed by atoms with van der Waals surface area (Å²) in [6, 6.07) is 10.2. The SMILES string of the molecule is CCCOc1cc(Cl)c(CO)c2c1Sc1ccccc1C2. The van der Waals surface area contributed by atoms with Gasteiger partial charge in [0.05, 0.1) is 23.1 Å². The summed E-state index contributed by atoms with van der Waals surface area (Å²) in [4.78, 5) is 2.34. The van der Waals surface area contributed by atoms with Crippen molar-refractivity contribution in [1.82, 2.24) is 0 Å². The van der Waals surface area contributed by atoms with Crippen LogP contribution < -0.4 is 4.74 Å². The van der Waals surface area contributed by atoms with Gasteiger partial charge in [0.1, 0.15) is 5.75 Å². The third-order valence-electron chi connectivity index (χ3n) is 3.58. The van der Waals surface area contributed by atoms with Crippen LogP contribution in [0.1, 0.15) is 30.0 Å². The Kier molecular flexibility index (Phi) is 4.43. The van der Waals surface area contributed by atoms with Gasteiger partial charge in [-0.1, -0.05) is 48.5 Å². The molecule has 0 saturated carbocycles. The number of aliphatic hydroxyl groups excluding tert-OH is 1. The zero-order valence-electron chi connectivity index (χ0n) is 11.9. The second-order valence-electron chi connectivity index (χ2n) is 5.04. The Hall–Kier alpha value is -1.16. The molecule has 1 aliphatic rings. The second-order valence-corrected chi connectivity index (χ2v) is 6.50. The van der Waals surface area contributed by atoms with E-state index in [9.17, 15) is 5.11 Å². The molecule has 2 aromatic rings. The van der Waals surface area contributed by atoms with Crippen molar-refractivity contribution in [3.8, 4) is 5.75 Å². The number of hydrogen-bond acceptors (Lipinski definition) is 3. The van der Waals surface area contributed by atoms with Crippen molar-refractivity contribution in [1.29, 1.82) is 0 Å². The normalized spacial score (nSPS) is 12.7. The predicted octanol–water partition coefficient (Wildman–Crippen LogP) is 4.68. The molecule has 1 aliphatic heterocycles. The minimum Gasteiger partial charge on any atom is -0.492 e. The number of aliphatic hydroxyl groups is 1. The largest absolute Gasteiger partial charge is 0.492 e. The minimum atomic E-state index is -0.0437. The maximum atomic E-state index is 9.65. The third-order valence-corrected chi connectivity index (χ3v) is 5.19. The molecule has 2 aromatic carbocycles. The molecule has 0 aromatic heterocycles. The predicted molar refractivity (Wildman–Crippen MR) is 86.5 cm³/mol. The van der Waals surface area contributed by atoms with Crippen LogP contribution in [0.2, 0.25) is 5.02 Å². The molecule has 4 heteroatoms. The highest BCUT2D eigenvalue weighted by atomic mass is 35.5. The van der Waals surface area contributed by atoms with Crippen LogP contribution in [-0.4, -0.2) is 11.7 Å². The molecule has 1 N–H and O–H groups in total. The van der Waals surface area contributed by atoms with Gasteiger partial charge in [0.2, 0.25) is 0 Å². The van der Waals surface area contributed by atoms with Crippen molar-refractivity contribution in [3.63, 3.8) is 0 Å². The molecular formula is C17H17ClO2S. The minimum absolute atomic E-state index is 0.0437. The average molecular weight is 321 g/mol. The summed E-state index contributed by atoms with van der Waals surface area (Å²) in [5.41, 5.74) is 3.19. The first-order valence-corrected chi connectivity index (χ1v) is 8.27. The van der Waals surface area contributed by atoms with Crippen molar-refractivity contribution in [2.75, 3.05) is 6.61 Å². The van der Waals surface area contributed by atoms with Gasteiger partial charge in [-0.3, -0.25) is 0 Å². The molecule has 0 aliphatic carbocycles. The molecule has 3 rings (SSSR count). The van der Waals surface area contributed by atoms with Crippen LogP contribution in [0, 0.1) is 0 Å². The average Bonchev–Trinajstić information content (AvgIpc) is 2.51. The molecule has 21 heavy (non-hydrogen) atoms. The van der Waals surface area contributed by atoms with E-state index in [-0.39, 0.29) is 6.61 Å². The van der Waals surface area contributed by atoms with Crippen LogP contribution in [0.5, 0.6) is 5.75 Å². The van der Waals surface area contributed by atoms with Crippen LogP contribution in [-0.2, 0) is 13.0 Å². The highest BCUT2D eigenvalue weighted by molar-refractivity contribution is 7.99. The smallest absolute Gasteiger partial charge is 0.135 e. The van der Waals surface area contributed by atoms with E-state index >= 15 is 0 Å². The highest BCUT2D eigenvalue weighted by Crippen LogP contribution is 2.47. The summed E-state index contributed by atoms with van der Waals surface area (Å²) < 4.78 is 5.86. The van der Waals surface area contributed by atoms with Crippen LogP contribution in [0.3, 0.4) is 0 Å². The van der Waals surface area contributed by atoms with E-state index in [0.717, 1.165) is 34.6 Å². The van der Waals surface area contributed by atoms with Crippen molar-refractivity contribution in [3.05, 3.63) is 52.0 Å². The first kappa shape index (κ1) is 14.8. The summed E-state index contributed by atoms with van der Waals surface area (Å²) in [7, 11) is 0.